The second kappa shape index (κ2) is 5.80. The van der Waals surface area contributed by atoms with Gasteiger partial charge in [0.1, 0.15) is 5.82 Å². The highest BCUT2D eigenvalue weighted by Gasteiger charge is 2.23. The van der Waals surface area contributed by atoms with Crippen molar-refractivity contribution in [1.82, 2.24) is 4.90 Å². The average molecular weight is 315 g/mol. The molecule has 1 amide bonds. The maximum Gasteiger partial charge on any atom is 0.221 e. The summed E-state index contributed by atoms with van der Waals surface area (Å²) in [5.74, 6) is -0.532. The van der Waals surface area contributed by atoms with E-state index in [0.29, 0.717) is 11.0 Å². The molecule has 1 aromatic rings. The van der Waals surface area contributed by atoms with Gasteiger partial charge < -0.3 is 5.73 Å². The third-order valence-electron chi connectivity index (χ3n) is 3.30. The molecule has 3 nitrogen and oxygen atoms in total. The summed E-state index contributed by atoms with van der Waals surface area (Å²) in [5, 5.41) is 0. The lowest BCUT2D eigenvalue weighted by molar-refractivity contribution is -0.123. The molecule has 1 aliphatic rings. The molecular formula is C13H16BrFN2O. The Bertz CT molecular complexity index is 453. The van der Waals surface area contributed by atoms with Crippen LogP contribution in [0.15, 0.2) is 22.7 Å². The fourth-order valence-corrected chi connectivity index (χ4v) is 2.75. The van der Waals surface area contributed by atoms with Gasteiger partial charge in [-0.15, -0.1) is 0 Å². The fourth-order valence-electron chi connectivity index (χ4n) is 2.33. The lowest BCUT2D eigenvalue weighted by atomic mass is 9.97. The van der Waals surface area contributed by atoms with Crippen molar-refractivity contribution in [3.05, 3.63) is 34.1 Å². The number of hydrogen-bond acceptors (Lipinski definition) is 2. The molecule has 98 valence electrons. The van der Waals surface area contributed by atoms with Crippen LogP contribution in [-0.4, -0.2) is 23.9 Å². The summed E-state index contributed by atoms with van der Waals surface area (Å²) in [7, 11) is 0. The molecule has 0 bridgehead atoms. The van der Waals surface area contributed by atoms with Crippen LogP contribution in [0.4, 0.5) is 4.39 Å². The summed E-state index contributed by atoms with van der Waals surface area (Å²) in [5.41, 5.74) is 6.38. The highest BCUT2D eigenvalue weighted by molar-refractivity contribution is 9.10. The number of nitrogens with two attached hydrogens (primary N) is 1. The molecule has 1 aliphatic heterocycles. The van der Waals surface area contributed by atoms with Crippen molar-refractivity contribution in [2.45, 2.75) is 19.4 Å². The Morgan fingerprint density at radius 3 is 3.00 bits per heavy atom. The summed E-state index contributed by atoms with van der Waals surface area (Å²) in [6.45, 7) is 2.38. The Kier molecular flexibility index (Phi) is 4.35. The topological polar surface area (TPSA) is 46.3 Å². The van der Waals surface area contributed by atoms with Crippen molar-refractivity contribution in [3.8, 4) is 0 Å². The molecule has 0 unspecified atom stereocenters. The van der Waals surface area contributed by atoms with Gasteiger partial charge in [0.2, 0.25) is 5.91 Å². The van der Waals surface area contributed by atoms with E-state index in [2.05, 4.69) is 20.8 Å². The first-order chi connectivity index (χ1) is 8.56. The number of carbonyl (C=O) groups excluding carboxylic acids is 1. The van der Waals surface area contributed by atoms with Crippen LogP contribution >= 0.6 is 15.9 Å². The number of amides is 1. The second-order valence-electron chi connectivity index (χ2n) is 4.73. The predicted molar refractivity (Wildman–Crippen MR) is 71.3 cm³/mol. The number of piperidine rings is 1. The van der Waals surface area contributed by atoms with Gasteiger partial charge in [-0.2, -0.15) is 0 Å². The minimum Gasteiger partial charge on any atom is -0.369 e. The lowest BCUT2D eigenvalue weighted by Crippen LogP contribution is -2.40. The molecule has 0 radical (unpaired) electrons. The molecule has 2 rings (SSSR count). The van der Waals surface area contributed by atoms with Gasteiger partial charge >= 0.3 is 0 Å². The Morgan fingerprint density at radius 2 is 2.33 bits per heavy atom. The quantitative estimate of drug-likeness (QED) is 0.930. The molecule has 18 heavy (non-hydrogen) atoms. The van der Waals surface area contributed by atoms with Gasteiger partial charge in [0, 0.05) is 13.1 Å². The molecule has 0 aliphatic carbocycles. The first-order valence-corrected chi connectivity index (χ1v) is 6.81. The Hall–Kier alpha value is -0.940. The van der Waals surface area contributed by atoms with Gasteiger partial charge in [-0.25, -0.2) is 4.39 Å². The standard InChI is InChI=1S/C13H16BrFN2O/c14-11-6-9(3-4-12(11)15)7-17-5-1-2-10(8-17)13(16)18/h3-4,6,10H,1-2,5,7-8H2,(H2,16,18)/t10-/m1/s1. The molecule has 1 atom stereocenters. The predicted octanol–water partition coefficient (Wildman–Crippen LogP) is 2.29. The first-order valence-electron chi connectivity index (χ1n) is 6.02. The van der Waals surface area contributed by atoms with Crippen LogP contribution in [0.2, 0.25) is 0 Å². The number of hydrogen-bond donors (Lipinski definition) is 1. The van der Waals surface area contributed by atoms with Crippen molar-refractivity contribution in [2.75, 3.05) is 13.1 Å². The number of rotatable bonds is 3. The summed E-state index contributed by atoms with van der Waals surface area (Å²) in [4.78, 5) is 13.4. The van der Waals surface area contributed by atoms with E-state index < -0.39 is 0 Å². The van der Waals surface area contributed by atoms with Crippen molar-refractivity contribution in [2.24, 2.45) is 11.7 Å². The van der Waals surface area contributed by atoms with Crippen LogP contribution < -0.4 is 5.73 Å². The number of carbonyl (C=O) groups is 1. The van der Waals surface area contributed by atoms with Crippen molar-refractivity contribution < 1.29 is 9.18 Å². The molecule has 1 fully saturated rings. The van der Waals surface area contributed by atoms with Crippen molar-refractivity contribution in [3.63, 3.8) is 0 Å². The fraction of sp³-hybridized carbons (Fsp3) is 0.462. The third kappa shape index (κ3) is 3.29. The molecule has 5 heteroatoms. The number of halogens is 2. The lowest BCUT2D eigenvalue weighted by Gasteiger charge is -2.31. The molecule has 0 aromatic heterocycles. The Morgan fingerprint density at radius 1 is 1.56 bits per heavy atom. The first kappa shape index (κ1) is 13.5. The minimum atomic E-state index is -0.257. The summed E-state index contributed by atoms with van der Waals surface area (Å²) >= 11 is 3.18. The van der Waals surface area contributed by atoms with E-state index in [9.17, 15) is 9.18 Å². The smallest absolute Gasteiger partial charge is 0.221 e. The normalized spacial score (nSPS) is 20.9. The third-order valence-corrected chi connectivity index (χ3v) is 3.91. The summed E-state index contributed by atoms with van der Waals surface area (Å²) < 4.78 is 13.6. The van der Waals surface area contributed by atoms with E-state index >= 15 is 0 Å². The number of primary amides is 1. The molecular weight excluding hydrogens is 299 g/mol. The molecule has 1 saturated heterocycles. The van der Waals surface area contributed by atoms with Gasteiger partial charge in [0.15, 0.2) is 0 Å². The zero-order valence-electron chi connectivity index (χ0n) is 10.0. The van der Waals surface area contributed by atoms with E-state index in [1.54, 1.807) is 12.1 Å². The summed E-state index contributed by atoms with van der Waals surface area (Å²) in [6.07, 6.45) is 1.86. The van der Waals surface area contributed by atoms with Crippen LogP contribution in [0.5, 0.6) is 0 Å². The van der Waals surface area contributed by atoms with Gasteiger partial charge in [-0.1, -0.05) is 6.07 Å². The molecule has 1 heterocycles. The second-order valence-corrected chi connectivity index (χ2v) is 5.58. The number of nitrogens with zero attached hydrogens (tertiary/aromatic N) is 1. The summed E-state index contributed by atoms with van der Waals surface area (Å²) in [6, 6.07) is 5.01. The van der Waals surface area contributed by atoms with Gasteiger partial charge in [0.05, 0.1) is 10.4 Å². The average Bonchev–Trinajstić information content (AvgIpc) is 2.34. The largest absolute Gasteiger partial charge is 0.369 e. The van der Waals surface area contributed by atoms with E-state index in [-0.39, 0.29) is 17.6 Å². The minimum absolute atomic E-state index is 0.0531. The van der Waals surface area contributed by atoms with Crippen molar-refractivity contribution in [1.29, 1.82) is 0 Å². The SMILES string of the molecule is NC(=O)[C@@H]1CCCN(Cc2ccc(F)c(Br)c2)C1. The molecule has 1 aromatic carbocycles. The molecule has 0 saturated carbocycles. The Balaban J connectivity index is 2.00. The number of likely N-dealkylation sites (tertiary alicyclic amines) is 1. The molecule has 2 N–H and O–H groups in total. The molecule has 0 spiro atoms. The van der Waals surface area contributed by atoms with Crippen LogP contribution in [0.1, 0.15) is 18.4 Å². The highest BCUT2D eigenvalue weighted by atomic mass is 79.9. The van der Waals surface area contributed by atoms with Gasteiger partial charge in [-0.05, 0) is 53.0 Å². The van der Waals surface area contributed by atoms with Crippen LogP contribution in [-0.2, 0) is 11.3 Å². The van der Waals surface area contributed by atoms with E-state index in [4.69, 9.17) is 5.73 Å². The van der Waals surface area contributed by atoms with Crippen LogP contribution in [0, 0.1) is 11.7 Å². The van der Waals surface area contributed by atoms with Gasteiger partial charge in [-0.3, -0.25) is 9.69 Å². The zero-order chi connectivity index (χ0) is 13.1. The maximum absolute atomic E-state index is 13.1. The van der Waals surface area contributed by atoms with Crippen molar-refractivity contribution >= 4 is 21.8 Å². The van der Waals surface area contributed by atoms with Gasteiger partial charge in [0.25, 0.3) is 0 Å². The zero-order valence-corrected chi connectivity index (χ0v) is 11.6. The van der Waals surface area contributed by atoms with E-state index in [0.717, 1.165) is 31.5 Å². The number of benzene rings is 1. The Labute approximate surface area is 114 Å². The van der Waals surface area contributed by atoms with E-state index in [1.807, 2.05) is 0 Å². The van der Waals surface area contributed by atoms with Crippen LogP contribution in [0.3, 0.4) is 0 Å². The van der Waals surface area contributed by atoms with Crippen LogP contribution in [0.25, 0.3) is 0 Å². The monoisotopic (exact) mass is 314 g/mol. The highest BCUT2D eigenvalue weighted by Crippen LogP contribution is 2.21. The van der Waals surface area contributed by atoms with E-state index in [1.165, 1.54) is 6.07 Å². The maximum atomic E-state index is 13.1.